The summed E-state index contributed by atoms with van der Waals surface area (Å²) >= 11 is 0. The molecule has 1 aliphatic rings. The molecular weight excluding hydrogens is 216 g/mol. The molecule has 84 valence electrons. The minimum Gasteiger partial charge on any atom is -0.384 e. The van der Waals surface area contributed by atoms with Crippen molar-refractivity contribution >= 4 is 15.8 Å². The highest BCUT2D eigenvalue weighted by Crippen LogP contribution is 2.24. The third-order valence-corrected chi connectivity index (χ3v) is 3.93. The second-order valence-electron chi connectivity index (χ2n) is 3.78. The molecule has 0 amide bonds. The van der Waals surface area contributed by atoms with Crippen LogP contribution in [0.3, 0.4) is 0 Å². The first-order chi connectivity index (χ1) is 6.89. The van der Waals surface area contributed by atoms with E-state index < -0.39 is 10.0 Å². The lowest BCUT2D eigenvalue weighted by Gasteiger charge is -2.23. The Kier molecular flexibility index (Phi) is 2.23. The maximum atomic E-state index is 11.3. The first-order valence-electron chi connectivity index (χ1n) is 4.65. The summed E-state index contributed by atoms with van der Waals surface area (Å²) in [5, 5.41) is 4.20. The first kappa shape index (κ1) is 10.4. The molecule has 0 aromatic carbocycles. The number of rotatable bonds is 1. The molecule has 2 rings (SSSR count). The Hall–Kier alpha value is -1.08. The number of sulfonamides is 1. The van der Waals surface area contributed by atoms with Gasteiger partial charge in [-0.25, -0.2) is 8.42 Å². The molecule has 15 heavy (non-hydrogen) atoms. The summed E-state index contributed by atoms with van der Waals surface area (Å²) < 4.78 is 25.7. The number of nitrogens with zero attached hydrogens (tertiary/aromatic N) is 3. The molecule has 2 heterocycles. The van der Waals surface area contributed by atoms with Crippen molar-refractivity contribution in [2.45, 2.75) is 13.0 Å². The average Bonchev–Trinajstić information content (AvgIpc) is 2.41. The van der Waals surface area contributed by atoms with Crippen LogP contribution in [0.15, 0.2) is 0 Å². The molecule has 1 aromatic rings. The molecule has 0 radical (unpaired) electrons. The number of nitrogens with two attached hydrogens (primary N) is 1. The number of fused-ring (bicyclic) bond motifs is 1. The van der Waals surface area contributed by atoms with Gasteiger partial charge in [0.2, 0.25) is 10.0 Å². The fraction of sp³-hybridized carbons (Fsp3) is 0.625. The lowest BCUT2D eigenvalue weighted by atomic mass is 10.1. The maximum Gasteiger partial charge on any atom is 0.211 e. The Bertz CT molecular complexity index is 491. The molecule has 0 bridgehead atoms. The van der Waals surface area contributed by atoms with Gasteiger partial charge in [-0.15, -0.1) is 0 Å². The van der Waals surface area contributed by atoms with Crippen LogP contribution in [-0.4, -0.2) is 35.3 Å². The van der Waals surface area contributed by atoms with Crippen molar-refractivity contribution in [1.29, 1.82) is 0 Å². The van der Waals surface area contributed by atoms with Gasteiger partial charge in [0.15, 0.2) is 0 Å². The number of hydrogen-bond acceptors (Lipinski definition) is 4. The molecule has 0 saturated carbocycles. The van der Waals surface area contributed by atoms with E-state index in [-0.39, 0.29) is 0 Å². The predicted octanol–water partition coefficient (Wildman–Crippen LogP) is -0.680. The molecule has 0 unspecified atom stereocenters. The van der Waals surface area contributed by atoms with Gasteiger partial charge in [-0.05, 0) is 6.42 Å². The largest absolute Gasteiger partial charge is 0.384 e. The van der Waals surface area contributed by atoms with E-state index in [9.17, 15) is 8.42 Å². The zero-order valence-electron chi connectivity index (χ0n) is 8.77. The number of hydrogen-bond donors (Lipinski definition) is 1. The monoisotopic (exact) mass is 230 g/mol. The highest BCUT2D eigenvalue weighted by molar-refractivity contribution is 7.88. The number of aryl methyl sites for hydroxylation is 1. The Morgan fingerprint density at radius 3 is 2.73 bits per heavy atom. The van der Waals surface area contributed by atoms with Crippen LogP contribution in [-0.2, 0) is 30.0 Å². The second-order valence-corrected chi connectivity index (χ2v) is 5.76. The molecule has 0 fully saturated rings. The van der Waals surface area contributed by atoms with E-state index in [1.807, 2.05) is 0 Å². The van der Waals surface area contributed by atoms with Crippen LogP contribution in [0.2, 0.25) is 0 Å². The van der Waals surface area contributed by atoms with Crippen molar-refractivity contribution in [3.8, 4) is 0 Å². The van der Waals surface area contributed by atoms with Gasteiger partial charge in [0.1, 0.15) is 5.82 Å². The lowest BCUT2D eigenvalue weighted by molar-refractivity contribution is 0.390. The van der Waals surface area contributed by atoms with E-state index in [1.165, 1.54) is 10.6 Å². The summed E-state index contributed by atoms with van der Waals surface area (Å²) in [6.45, 7) is 0.820. The Morgan fingerprint density at radius 2 is 2.13 bits per heavy atom. The second kappa shape index (κ2) is 3.21. The van der Waals surface area contributed by atoms with E-state index in [0.29, 0.717) is 25.3 Å². The molecule has 6 nitrogen and oxygen atoms in total. The van der Waals surface area contributed by atoms with Crippen molar-refractivity contribution < 1.29 is 8.42 Å². The summed E-state index contributed by atoms with van der Waals surface area (Å²) in [7, 11) is -1.37. The van der Waals surface area contributed by atoms with Gasteiger partial charge >= 0.3 is 0 Å². The molecule has 1 aromatic heterocycles. The van der Waals surface area contributed by atoms with Gasteiger partial charge in [-0.3, -0.25) is 4.68 Å². The molecule has 2 N–H and O–H groups in total. The standard InChI is InChI=1S/C8H14N4O2S/c1-11-8(9)6-3-4-12(15(2,13)14)5-7(6)10-11/h3-5,9H2,1-2H3. The van der Waals surface area contributed by atoms with Crippen molar-refractivity contribution in [3.63, 3.8) is 0 Å². The maximum absolute atomic E-state index is 11.3. The smallest absolute Gasteiger partial charge is 0.211 e. The third-order valence-electron chi connectivity index (χ3n) is 2.68. The molecule has 1 aliphatic heterocycles. The van der Waals surface area contributed by atoms with E-state index in [2.05, 4.69) is 5.10 Å². The van der Waals surface area contributed by atoms with Crippen LogP contribution in [0.4, 0.5) is 5.82 Å². The normalized spacial score (nSPS) is 17.7. The van der Waals surface area contributed by atoms with Crippen molar-refractivity contribution in [2.24, 2.45) is 7.05 Å². The minimum absolute atomic E-state index is 0.333. The number of anilines is 1. The van der Waals surface area contributed by atoms with E-state index in [0.717, 1.165) is 11.3 Å². The van der Waals surface area contributed by atoms with Crippen LogP contribution in [0, 0.1) is 0 Å². The van der Waals surface area contributed by atoms with Gasteiger partial charge in [-0.2, -0.15) is 9.40 Å². The summed E-state index contributed by atoms with van der Waals surface area (Å²) in [6.07, 6.45) is 1.85. The predicted molar refractivity (Wildman–Crippen MR) is 56.6 cm³/mol. The molecular formula is C8H14N4O2S. The summed E-state index contributed by atoms with van der Waals surface area (Å²) in [6, 6.07) is 0. The van der Waals surface area contributed by atoms with Gasteiger partial charge in [-0.1, -0.05) is 0 Å². The van der Waals surface area contributed by atoms with Gasteiger partial charge in [0, 0.05) is 19.2 Å². The van der Waals surface area contributed by atoms with Crippen molar-refractivity contribution in [2.75, 3.05) is 18.5 Å². The summed E-state index contributed by atoms with van der Waals surface area (Å²) in [5.41, 5.74) is 7.56. The third kappa shape index (κ3) is 1.72. The minimum atomic E-state index is -3.13. The van der Waals surface area contributed by atoms with Gasteiger partial charge in [0.25, 0.3) is 0 Å². The zero-order chi connectivity index (χ0) is 11.2. The van der Waals surface area contributed by atoms with Gasteiger partial charge in [0.05, 0.1) is 18.5 Å². The average molecular weight is 230 g/mol. The van der Waals surface area contributed by atoms with Gasteiger partial charge < -0.3 is 5.73 Å². The zero-order valence-corrected chi connectivity index (χ0v) is 9.58. The van der Waals surface area contributed by atoms with Crippen LogP contribution in [0.5, 0.6) is 0 Å². The summed E-state index contributed by atoms with van der Waals surface area (Å²) in [5.74, 6) is 0.637. The quantitative estimate of drug-likeness (QED) is 0.693. The first-order valence-corrected chi connectivity index (χ1v) is 6.50. The van der Waals surface area contributed by atoms with E-state index in [4.69, 9.17) is 5.73 Å². The topological polar surface area (TPSA) is 81.2 Å². The highest BCUT2D eigenvalue weighted by atomic mass is 32.2. The van der Waals surface area contributed by atoms with Crippen molar-refractivity contribution in [1.82, 2.24) is 14.1 Å². The number of aromatic nitrogens is 2. The highest BCUT2D eigenvalue weighted by Gasteiger charge is 2.27. The molecule has 0 spiro atoms. The fourth-order valence-corrected chi connectivity index (χ4v) is 2.58. The van der Waals surface area contributed by atoms with E-state index in [1.54, 1.807) is 11.7 Å². The fourth-order valence-electron chi connectivity index (χ4n) is 1.80. The van der Waals surface area contributed by atoms with Crippen LogP contribution in [0.1, 0.15) is 11.3 Å². The molecule has 0 saturated heterocycles. The Labute approximate surface area is 88.7 Å². The Balaban J connectivity index is 2.36. The molecule has 7 heteroatoms. The van der Waals surface area contributed by atoms with E-state index >= 15 is 0 Å². The SMILES string of the molecule is Cn1nc2c(c1N)CCN(S(C)(=O)=O)C2. The molecule has 0 atom stereocenters. The van der Waals surface area contributed by atoms with Crippen LogP contribution in [0.25, 0.3) is 0 Å². The van der Waals surface area contributed by atoms with Crippen LogP contribution >= 0.6 is 0 Å². The summed E-state index contributed by atoms with van der Waals surface area (Å²) in [4.78, 5) is 0. The van der Waals surface area contributed by atoms with Crippen LogP contribution < -0.4 is 5.73 Å². The van der Waals surface area contributed by atoms with Crippen molar-refractivity contribution in [3.05, 3.63) is 11.3 Å². The lowest BCUT2D eigenvalue weighted by Crippen LogP contribution is -2.35. The number of nitrogen functional groups attached to an aromatic ring is 1. The Morgan fingerprint density at radius 1 is 1.47 bits per heavy atom. The molecule has 0 aliphatic carbocycles.